The smallest absolute Gasteiger partial charge is 0.320 e. The lowest BCUT2D eigenvalue weighted by molar-refractivity contribution is -0.139. The van der Waals surface area contributed by atoms with E-state index in [9.17, 15) is 9.59 Å². The SMILES string of the molecule is NC(CCCCOCc1ccccc1)C(=O)O.NC(CCCCOc1ccccc1)C(=O)O. The zero-order chi connectivity index (χ0) is 24.3. The fraction of sp³-hybridized carbons (Fsp3) is 0.440. The third kappa shape index (κ3) is 14.7. The molecule has 2 unspecified atom stereocenters. The number of carboxylic acids is 2. The highest BCUT2D eigenvalue weighted by molar-refractivity contribution is 5.73. The molecule has 2 rings (SSSR count). The van der Waals surface area contributed by atoms with E-state index in [2.05, 4.69) is 0 Å². The zero-order valence-corrected chi connectivity index (χ0v) is 19.0. The molecule has 0 heterocycles. The van der Waals surface area contributed by atoms with E-state index in [0.717, 1.165) is 37.0 Å². The van der Waals surface area contributed by atoms with Gasteiger partial charge in [-0.2, -0.15) is 0 Å². The predicted octanol–water partition coefficient (Wildman–Crippen LogP) is 3.43. The summed E-state index contributed by atoms with van der Waals surface area (Å²) in [5.41, 5.74) is 11.9. The summed E-state index contributed by atoms with van der Waals surface area (Å²) in [6, 6.07) is 18.0. The van der Waals surface area contributed by atoms with Crippen LogP contribution in [0.4, 0.5) is 0 Å². The lowest BCUT2D eigenvalue weighted by atomic mass is 10.1. The van der Waals surface area contributed by atoms with Crippen LogP contribution in [0, 0.1) is 0 Å². The first-order valence-corrected chi connectivity index (χ1v) is 11.2. The second-order valence-corrected chi connectivity index (χ2v) is 7.58. The van der Waals surface area contributed by atoms with E-state index in [0.29, 0.717) is 32.7 Å². The van der Waals surface area contributed by atoms with Gasteiger partial charge in [0.05, 0.1) is 13.2 Å². The van der Waals surface area contributed by atoms with Crippen LogP contribution < -0.4 is 16.2 Å². The summed E-state index contributed by atoms with van der Waals surface area (Å²) in [7, 11) is 0. The van der Waals surface area contributed by atoms with Gasteiger partial charge in [-0.25, -0.2) is 0 Å². The number of nitrogens with two attached hydrogens (primary N) is 2. The molecule has 6 N–H and O–H groups in total. The maximum Gasteiger partial charge on any atom is 0.320 e. The Hall–Kier alpha value is -2.94. The molecule has 2 atom stereocenters. The van der Waals surface area contributed by atoms with E-state index in [1.165, 1.54) is 0 Å². The van der Waals surface area contributed by atoms with Gasteiger partial charge < -0.3 is 31.2 Å². The lowest BCUT2D eigenvalue weighted by Crippen LogP contribution is -2.29. The number of aliphatic carboxylic acids is 2. The van der Waals surface area contributed by atoms with Crippen molar-refractivity contribution in [1.82, 2.24) is 0 Å². The van der Waals surface area contributed by atoms with Crippen molar-refractivity contribution in [3.05, 3.63) is 66.2 Å². The van der Waals surface area contributed by atoms with E-state index in [1.54, 1.807) is 0 Å². The minimum absolute atomic E-state index is 0.494. The number of rotatable bonds is 15. The number of carbonyl (C=O) groups is 2. The summed E-state index contributed by atoms with van der Waals surface area (Å²) in [5.74, 6) is -1.04. The molecule has 0 aliphatic heterocycles. The molecular weight excluding hydrogens is 424 g/mol. The van der Waals surface area contributed by atoms with Crippen molar-refractivity contribution >= 4 is 11.9 Å². The Labute approximate surface area is 195 Å². The molecule has 0 aliphatic carbocycles. The normalized spacial score (nSPS) is 12.2. The van der Waals surface area contributed by atoms with Crippen LogP contribution in [0.5, 0.6) is 5.75 Å². The van der Waals surface area contributed by atoms with Crippen LogP contribution in [0.15, 0.2) is 60.7 Å². The van der Waals surface area contributed by atoms with Gasteiger partial charge in [0, 0.05) is 6.61 Å². The molecule has 0 amide bonds. The topological polar surface area (TPSA) is 145 Å². The third-order valence-corrected chi connectivity index (χ3v) is 4.72. The van der Waals surface area contributed by atoms with Crippen molar-refractivity contribution in [2.75, 3.05) is 13.2 Å². The number of hydrogen-bond acceptors (Lipinski definition) is 6. The molecule has 2 aromatic rings. The minimum Gasteiger partial charge on any atom is -0.494 e. The van der Waals surface area contributed by atoms with Crippen molar-refractivity contribution in [3.63, 3.8) is 0 Å². The highest BCUT2D eigenvalue weighted by atomic mass is 16.5. The molecular formula is C25H36N2O6. The Bertz CT molecular complexity index is 773. The van der Waals surface area contributed by atoms with E-state index in [-0.39, 0.29) is 0 Å². The molecule has 0 saturated carbocycles. The quantitative estimate of drug-likeness (QED) is 0.296. The minimum atomic E-state index is -0.941. The van der Waals surface area contributed by atoms with Crippen molar-refractivity contribution < 1.29 is 29.3 Å². The molecule has 0 saturated heterocycles. The first-order chi connectivity index (χ1) is 15.9. The Kier molecular flexibility index (Phi) is 15.0. The molecule has 0 bridgehead atoms. The molecule has 8 nitrogen and oxygen atoms in total. The number of unbranched alkanes of at least 4 members (excludes halogenated alkanes) is 2. The fourth-order valence-corrected chi connectivity index (χ4v) is 2.75. The lowest BCUT2D eigenvalue weighted by Gasteiger charge is -2.07. The van der Waals surface area contributed by atoms with Crippen LogP contribution in [0.25, 0.3) is 0 Å². The van der Waals surface area contributed by atoms with E-state index >= 15 is 0 Å². The molecule has 33 heavy (non-hydrogen) atoms. The molecule has 182 valence electrons. The van der Waals surface area contributed by atoms with Gasteiger partial charge in [0.25, 0.3) is 0 Å². The number of benzene rings is 2. The standard InChI is InChI=1S/C13H19NO3.C12H17NO3/c14-12(13(15)16)8-4-5-9-17-10-11-6-2-1-3-7-11;13-11(12(14)15)8-4-5-9-16-10-6-2-1-3-7-10/h1-3,6-7,12H,4-5,8-10,14H2,(H,15,16);1-3,6-7,11H,4-5,8-9,13H2,(H,14,15). The number of para-hydroxylation sites is 1. The number of ether oxygens (including phenoxy) is 2. The van der Waals surface area contributed by atoms with Gasteiger partial charge in [-0.3, -0.25) is 9.59 Å². The van der Waals surface area contributed by atoms with Gasteiger partial charge in [-0.05, 0) is 56.2 Å². The van der Waals surface area contributed by atoms with Crippen LogP contribution in [-0.4, -0.2) is 47.4 Å². The van der Waals surface area contributed by atoms with Crippen LogP contribution in [0.2, 0.25) is 0 Å². The monoisotopic (exact) mass is 460 g/mol. The van der Waals surface area contributed by atoms with Crippen LogP contribution >= 0.6 is 0 Å². The maximum atomic E-state index is 10.4. The van der Waals surface area contributed by atoms with Gasteiger partial charge in [0.15, 0.2) is 0 Å². The summed E-state index contributed by atoms with van der Waals surface area (Å²) >= 11 is 0. The Morgan fingerprint density at radius 2 is 1.21 bits per heavy atom. The van der Waals surface area contributed by atoms with Gasteiger partial charge in [-0.1, -0.05) is 48.5 Å². The number of carboxylic acid groups (broad SMARTS) is 2. The average molecular weight is 461 g/mol. The number of hydrogen-bond donors (Lipinski definition) is 4. The molecule has 0 radical (unpaired) electrons. The van der Waals surface area contributed by atoms with Crippen LogP contribution in [0.3, 0.4) is 0 Å². The molecule has 8 heteroatoms. The molecule has 0 fully saturated rings. The van der Waals surface area contributed by atoms with Gasteiger partial charge in [0.1, 0.15) is 17.8 Å². The van der Waals surface area contributed by atoms with Gasteiger partial charge in [-0.15, -0.1) is 0 Å². The molecule has 0 aliphatic rings. The first-order valence-electron chi connectivity index (χ1n) is 11.2. The van der Waals surface area contributed by atoms with Crippen LogP contribution in [-0.2, 0) is 20.9 Å². The van der Waals surface area contributed by atoms with E-state index in [4.69, 9.17) is 31.2 Å². The van der Waals surface area contributed by atoms with Crippen LogP contribution in [0.1, 0.15) is 44.1 Å². The summed E-state index contributed by atoms with van der Waals surface area (Å²) in [5, 5.41) is 17.1. The van der Waals surface area contributed by atoms with E-state index in [1.807, 2.05) is 60.7 Å². The second-order valence-electron chi connectivity index (χ2n) is 7.58. The largest absolute Gasteiger partial charge is 0.494 e. The summed E-state index contributed by atoms with van der Waals surface area (Å²) in [6.45, 7) is 1.84. The van der Waals surface area contributed by atoms with E-state index < -0.39 is 24.0 Å². The average Bonchev–Trinajstić information content (AvgIpc) is 2.82. The predicted molar refractivity (Wildman–Crippen MR) is 127 cm³/mol. The Balaban J connectivity index is 0.000000331. The summed E-state index contributed by atoms with van der Waals surface area (Å²) in [4.78, 5) is 20.9. The van der Waals surface area contributed by atoms with Gasteiger partial charge in [0.2, 0.25) is 0 Å². The van der Waals surface area contributed by atoms with Crippen molar-refractivity contribution in [2.24, 2.45) is 11.5 Å². The third-order valence-electron chi connectivity index (χ3n) is 4.72. The second kappa shape index (κ2) is 17.6. The first kappa shape index (κ1) is 28.1. The summed E-state index contributed by atoms with van der Waals surface area (Å²) in [6.07, 6.45) is 4.20. The molecule has 0 aromatic heterocycles. The Morgan fingerprint density at radius 1 is 0.727 bits per heavy atom. The van der Waals surface area contributed by atoms with Crippen molar-refractivity contribution in [2.45, 2.75) is 57.2 Å². The highest BCUT2D eigenvalue weighted by Gasteiger charge is 2.10. The van der Waals surface area contributed by atoms with Crippen molar-refractivity contribution in [1.29, 1.82) is 0 Å². The van der Waals surface area contributed by atoms with Crippen molar-refractivity contribution in [3.8, 4) is 5.75 Å². The Morgan fingerprint density at radius 3 is 1.73 bits per heavy atom. The fourth-order valence-electron chi connectivity index (χ4n) is 2.75. The summed E-state index contributed by atoms with van der Waals surface area (Å²) < 4.78 is 10.9. The maximum absolute atomic E-state index is 10.4. The molecule has 0 spiro atoms. The highest BCUT2D eigenvalue weighted by Crippen LogP contribution is 2.09. The zero-order valence-electron chi connectivity index (χ0n) is 19.0. The van der Waals surface area contributed by atoms with Gasteiger partial charge >= 0.3 is 11.9 Å². The molecule has 2 aromatic carbocycles.